The quantitative estimate of drug-likeness (QED) is 0.673. The highest BCUT2D eigenvalue weighted by Gasteiger charge is 2.15. The van der Waals surface area contributed by atoms with Crippen LogP contribution in [0.5, 0.6) is 0 Å². The smallest absolute Gasteiger partial charge is 0.285 e. The largest absolute Gasteiger partial charge is 0.293 e. The van der Waals surface area contributed by atoms with Crippen LogP contribution in [0.1, 0.15) is 17.4 Å². The summed E-state index contributed by atoms with van der Waals surface area (Å²) < 4.78 is 1.54. The molecule has 0 aliphatic heterocycles. The van der Waals surface area contributed by atoms with E-state index in [1.165, 1.54) is 22.8 Å². The van der Waals surface area contributed by atoms with E-state index in [0.29, 0.717) is 11.0 Å². The highest BCUT2D eigenvalue weighted by Crippen LogP contribution is 2.17. The predicted octanol–water partition coefficient (Wildman–Crippen LogP) is 2.65. The van der Waals surface area contributed by atoms with Crippen molar-refractivity contribution in [3.05, 3.63) is 57.1 Å². The predicted molar refractivity (Wildman–Crippen MR) is 75.2 cm³/mol. The molecule has 94 valence electrons. The van der Waals surface area contributed by atoms with E-state index in [0.717, 1.165) is 5.69 Å². The molecule has 3 rings (SSSR count). The van der Waals surface area contributed by atoms with E-state index in [2.05, 4.69) is 4.98 Å². The van der Waals surface area contributed by atoms with Crippen LogP contribution in [-0.4, -0.2) is 15.3 Å². The number of carbonyl (C=O) groups is 1. The Morgan fingerprint density at radius 1 is 1.26 bits per heavy atom. The van der Waals surface area contributed by atoms with Crippen LogP contribution >= 0.6 is 11.3 Å². The van der Waals surface area contributed by atoms with E-state index in [4.69, 9.17) is 0 Å². The number of aromatic nitrogens is 2. The molecule has 2 aromatic heterocycles. The summed E-state index contributed by atoms with van der Waals surface area (Å²) >= 11 is 1.50. The Labute approximate surface area is 113 Å². The summed E-state index contributed by atoms with van der Waals surface area (Å²) in [6.45, 7) is 1.36. The molecule has 0 unspecified atom stereocenters. The van der Waals surface area contributed by atoms with E-state index in [1.807, 2.05) is 35.0 Å². The summed E-state index contributed by atoms with van der Waals surface area (Å²) in [5.74, 6) is -0.320. The van der Waals surface area contributed by atoms with E-state index < -0.39 is 0 Å². The maximum absolute atomic E-state index is 12.4. The van der Waals surface area contributed by atoms with Crippen LogP contribution in [0.4, 0.5) is 0 Å². The number of hydrogen-bond acceptors (Lipinski definition) is 4. The summed E-state index contributed by atoms with van der Waals surface area (Å²) in [5.41, 5.74) is 1.71. The maximum Gasteiger partial charge on any atom is 0.285 e. The second kappa shape index (κ2) is 4.44. The molecule has 5 heteroatoms. The molecular weight excluding hydrogens is 260 g/mol. The van der Waals surface area contributed by atoms with Gasteiger partial charge in [-0.2, -0.15) is 11.3 Å². The molecule has 2 heterocycles. The molecule has 0 N–H and O–H groups in total. The van der Waals surface area contributed by atoms with Gasteiger partial charge in [-0.15, -0.1) is 0 Å². The third kappa shape index (κ3) is 1.88. The van der Waals surface area contributed by atoms with Crippen molar-refractivity contribution in [2.75, 3.05) is 0 Å². The number of fused-ring (bicyclic) bond motifs is 1. The molecule has 0 saturated carbocycles. The molecular formula is C14H10N2O2S. The van der Waals surface area contributed by atoms with Crippen LogP contribution in [0.15, 0.2) is 45.9 Å². The molecule has 0 saturated heterocycles. The summed E-state index contributed by atoms with van der Waals surface area (Å²) in [4.78, 5) is 28.1. The minimum atomic E-state index is -0.371. The molecule has 0 aliphatic rings. The number of thiophene rings is 1. The van der Waals surface area contributed by atoms with Gasteiger partial charge >= 0.3 is 0 Å². The summed E-state index contributed by atoms with van der Waals surface area (Å²) in [5, 5.41) is 3.77. The van der Waals surface area contributed by atoms with Gasteiger partial charge in [0.15, 0.2) is 11.5 Å². The Kier molecular flexibility index (Phi) is 2.76. The Bertz CT molecular complexity index is 819. The first-order chi connectivity index (χ1) is 9.18. The number of ketones is 1. The number of Topliss-reactive ketones (excluding diaryl/α,β-unsaturated/α-hetero) is 1. The number of benzene rings is 1. The van der Waals surface area contributed by atoms with Crippen LogP contribution in [0.25, 0.3) is 16.7 Å². The van der Waals surface area contributed by atoms with Crippen molar-refractivity contribution in [2.24, 2.45) is 0 Å². The lowest BCUT2D eigenvalue weighted by Crippen LogP contribution is -2.26. The van der Waals surface area contributed by atoms with Gasteiger partial charge in [0.1, 0.15) is 0 Å². The first-order valence-corrected chi connectivity index (χ1v) is 6.68. The van der Waals surface area contributed by atoms with Crippen molar-refractivity contribution in [1.29, 1.82) is 0 Å². The van der Waals surface area contributed by atoms with Crippen LogP contribution < -0.4 is 5.56 Å². The standard InChI is InChI=1S/C14H10N2O2S/c1-9(17)13-14(18)16(10-6-7-19-8-10)12-5-3-2-4-11(12)15-13/h2-8H,1H3. The maximum atomic E-state index is 12.4. The van der Waals surface area contributed by atoms with E-state index in [-0.39, 0.29) is 17.0 Å². The summed E-state index contributed by atoms with van der Waals surface area (Å²) in [6, 6.07) is 9.15. The average Bonchev–Trinajstić information content (AvgIpc) is 2.91. The molecule has 0 aliphatic carbocycles. The summed E-state index contributed by atoms with van der Waals surface area (Å²) in [6.07, 6.45) is 0. The second-order valence-corrected chi connectivity index (χ2v) is 4.91. The van der Waals surface area contributed by atoms with Crippen molar-refractivity contribution >= 4 is 28.2 Å². The Balaban J connectivity index is 2.50. The van der Waals surface area contributed by atoms with Crippen LogP contribution in [-0.2, 0) is 0 Å². The number of carbonyl (C=O) groups excluding carboxylic acids is 1. The van der Waals surface area contributed by atoms with Crippen molar-refractivity contribution in [1.82, 2.24) is 9.55 Å². The summed E-state index contributed by atoms with van der Waals surface area (Å²) in [7, 11) is 0. The molecule has 19 heavy (non-hydrogen) atoms. The normalized spacial score (nSPS) is 10.8. The number of nitrogens with zero attached hydrogens (tertiary/aromatic N) is 2. The SMILES string of the molecule is CC(=O)c1nc2ccccc2n(-c2ccsc2)c1=O. The van der Waals surface area contributed by atoms with Crippen LogP contribution in [0.2, 0.25) is 0 Å². The van der Waals surface area contributed by atoms with E-state index in [9.17, 15) is 9.59 Å². The van der Waals surface area contributed by atoms with Gasteiger partial charge in [0, 0.05) is 12.3 Å². The van der Waals surface area contributed by atoms with Crippen LogP contribution in [0, 0.1) is 0 Å². The Hall–Kier alpha value is -2.27. The van der Waals surface area contributed by atoms with Crippen LogP contribution in [0.3, 0.4) is 0 Å². The topological polar surface area (TPSA) is 52.0 Å². The monoisotopic (exact) mass is 270 g/mol. The van der Waals surface area contributed by atoms with Gasteiger partial charge in [0.25, 0.3) is 5.56 Å². The molecule has 0 radical (unpaired) electrons. The fraction of sp³-hybridized carbons (Fsp3) is 0.0714. The third-order valence-corrected chi connectivity index (χ3v) is 3.53. The molecule has 0 atom stereocenters. The molecule has 4 nitrogen and oxygen atoms in total. The molecule has 0 bridgehead atoms. The minimum Gasteiger partial charge on any atom is -0.293 e. The van der Waals surface area contributed by atoms with Gasteiger partial charge in [0.05, 0.1) is 16.7 Å². The lowest BCUT2D eigenvalue weighted by atomic mass is 10.2. The highest BCUT2D eigenvalue weighted by atomic mass is 32.1. The minimum absolute atomic E-state index is 0.0232. The first-order valence-electron chi connectivity index (χ1n) is 5.74. The van der Waals surface area contributed by atoms with E-state index in [1.54, 1.807) is 6.07 Å². The van der Waals surface area contributed by atoms with Crippen molar-refractivity contribution in [2.45, 2.75) is 6.92 Å². The van der Waals surface area contributed by atoms with Gasteiger partial charge in [-0.25, -0.2) is 4.98 Å². The molecule has 1 aromatic carbocycles. The molecule has 0 amide bonds. The number of para-hydroxylation sites is 2. The van der Waals surface area contributed by atoms with Gasteiger partial charge < -0.3 is 0 Å². The van der Waals surface area contributed by atoms with Gasteiger partial charge in [-0.1, -0.05) is 12.1 Å². The lowest BCUT2D eigenvalue weighted by molar-refractivity contribution is 0.101. The van der Waals surface area contributed by atoms with Crippen molar-refractivity contribution in [3.63, 3.8) is 0 Å². The second-order valence-electron chi connectivity index (χ2n) is 4.13. The Morgan fingerprint density at radius 2 is 2.05 bits per heavy atom. The zero-order valence-corrected chi connectivity index (χ0v) is 11.0. The zero-order chi connectivity index (χ0) is 13.4. The molecule has 3 aromatic rings. The van der Waals surface area contributed by atoms with Crippen molar-refractivity contribution in [3.8, 4) is 5.69 Å². The highest BCUT2D eigenvalue weighted by molar-refractivity contribution is 7.08. The van der Waals surface area contributed by atoms with E-state index >= 15 is 0 Å². The number of hydrogen-bond donors (Lipinski definition) is 0. The average molecular weight is 270 g/mol. The third-order valence-electron chi connectivity index (χ3n) is 2.86. The van der Waals surface area contributed by atoms with Gasteiger partial charge in [-0.3, -0.25) is 14.2 Å². The molecule has 0 fully saturated rings. The van der Waals surface area contributed by atoms with Gasteiger partial charge in [0.2, 0.25) is 0 Å². The lowest BCUT2D eigenvalue weighted by Gasteiger charge is -2.09. The fourth-order valence-corrected chi connectivity index (χ4v) is 2.62. The number of rotatable bonds is 2. The Morgan fingerprint density at radius 3 is 2.74 bits per heavy atom. The van der Waals surface area contributed by atoms with Gasteiger partial charge in [-0.05, 0) is 23.6 Å². The zero-order valence-electron chi connectivity index (χ0n) is 10.2. The molecule has 0 spiro atoms. The first kappa shape index (κ1) is 11.8. The van der Waals surface area contributed by atoms with Crippen molar-refractivity contribution < 1.29 is 4.79 Å². The fourth-order valence-electron chi connectivity index (χ4n) is 2.00.